The second kappa shape index (κ2) is 9.01. The van der Waals surface area contributed by atoms with Crippen molar-refractivity contribution in [2.45, 2.75) is 25.7 Å². The fraction of sp³-hybridized carbons (Fsp3) is 0.350. The van der Waals surface area contributed by atoms with E-state index in [-0.39, 0.29) is 18.1 Å². The summed E-state index contributed by atoms with van der Waals surface area (Å²) in [5, 5.41) is 2.79. The first-order valence-electron chi connectivity index (χ1n) is 9.14. The van der Waals surface area contributed by atoms with Gasteiger partial charge in [-0.2, -0.15) is 0 Å². The molecule has 0 radical (unpaired) electrons. The molecular formula is C20H24N2O4S. The van der Waals surface area contributed by atoms with Crippen molar-refractivity contribution in [3.63, 3.8) is 0 Å². The van der Waals surface area contributed by atoms with Gasteiger partial charge in [0.1, 0.15) is 11.5 Å². The number of hydrogen-bond donors (Lipinski definition) is 1. The Morgan fingerprint density at radius 1 is 0.963 bits per heavy atom. The average molecular weight is 388 g/mol. The third kappa shape index (κ3) is 5.80. The van der Waals surface area contributed by atoms with Crippen molar-refractivity contribution in [1.82, 2.24) is 4.31 Å². The van der Waals surface area contributed by atoms with Crippen LogP contribution in [0.15, 0.2) is 54.6 Å². The van der Waals surface area contributed by atoms with E-state index in [0.717, 1.165) is 18.6 Å². The molecule has 0 bridgehead atoms. The number of carbonyl (C=O) groups is 1. The summed E-state index contributed by atoms with van der Waals surface area (Å²) in [6.45, 7) is 1.21. The molecule has 0 aliphatic carbocycles. The summed E-state index contributed by atoms with van der Waals surface area (Å²) >= 11 is 0. The third-order valence-electron chi connectivity index (χ3n) is 4.38. The molecule has 2 aromatic rings. The molecule has 1 heterocycles. The Morgan fingerprint density at radius 3 is 2.26 bits per heavy atom. The number of benzene rings is 2. The highest BCUT2D eigenvalue weighted by atomic mass is 32.2. The fourth-order valence-electron chi connectivity index (χ4n) is 2.96. The lowest BCUT2D eigenvalue weighted by atomic mass is 10.2. The van der Waals surface area contributed by atoms with Crippen molar-refractivity contribution in [3.05, 3.63) is 54.6 Å². The number of ether oxygens (including phenoxy) is 1. The summed E-state index contributed by atoms with van der Waals surface area (Å²) in [4.78, 5) is 12.0. The van der Waals surface area contributed by atoms with Crippen molar-refractivity contribution < 1.29 is 17.9 Å². The lowest BCUT2D eigenvalue weighted by Crippen LogP contribution is -2.30. The fourth-order valence-corrected chi connectivity index (χ4v) is 4.55. The van der Waals surface area contributed by atoms with Gasteiger partial charge in [0.15, 0.2) is 0 Å². The van der Waals surface area contributed by atoms with Crippen LogP contribution in [0.5, 0.6) is 11.5 Å². The molecule has 2 aromatic carbocycles. The van der Waals surface area contributed by atoms with Crippen molar-refractivity contribution in [2.75, 3.05) is 24.2 Å². The second-order valence-electron chi connectivity index (χ2n) is 6.51. The maximum Gasteiger partial charge on any atom is 0.224 e. The highest BCUT2D eigenvalue weighted by Gasteiger charge is 2.24. The van der Waals surface area contributed by atoms with Gasteiger partial charge in [0, 0.05) is 25.2 Å². The minimum absolute atomic E-state index is 0.0181. The molecule has 1 saturated heterocycles. The normalized spacial score (nSPS) is 14.8. The van der Waals surface area contributed by atoms with E-state index in [1.54, 1.807) is 24.3 Å². The minimum atomic E-state index is -3.23. The summed E-state index contributed by atoms with van der Waals surface area (Å²) in [6.07, 6.45) is 2.34. The SMILES string of the molecule is O=C(CCCS(=O)(=O)N1CCCC1)Nc1ccc(Oc2ccccc2)cc1. The number of sulfonamides is 1. The van der Waals surface area contributed by atoms with E-state index in [1.807, 2.05) is 30.3 Å². The number of rotatable bonds is 8. The number of nitrogens with zero attached hydrogens (tertiary/aromatic N) is 1. The van der Waals surface area contributed by atoms with Gasteiger partial charge in [-0.05, 0) is 55.7 Å². The van der Waals surface area contributed by atoms with Crippen LogP contribution in [0.2, 0.25) is 0 Å². The van der Waals surface area contributed by atoms with Crippen LogP contribution in [-0.2, 0) is 14.8 Å². The van der Waals surface area contributed by atoms with E-state index in [9.17, 15) is 13.2 Å². The van der Waals surface area contributed by atoms with E-state index in [4.69, 9.17) is 4.74 Å². The van der Waals surface area contributed by atoms with Crippen LogP contribution >= 0.6 is 0 Å². The summed E-state index contributed by atoms with van der Waals surface area (Å²) in [6, 6.07) is 16.5. The molecule has 1 N–H and O–H groups in total. The molecule has 1 aliphatic rings. The van der Waals surface area contributed by atoms with Crippen molar-refractivity contribution >= 4 is 21.6 Å². The molecule has 0 spiro atoms. The molecule has 0 atom stereocenters. The van der Waals surface area contributed by atoms with Crippen LogP contribution in [-0.4, -0.2) is 37.5 Å². The second-order valence-corrected chi connectivity index (χ2v) is 8.60. The Bertz CT molecular complexity index is 845. The minimum Gasteiger partial charge on any atom is -0.457 e. The quantitative estimate of drug-likeness (QED) is 0.749. The summed E-state index contributed by atoms with van der Waals surface area (Å²) < 4.78 is 31.5. The maximum absolute atomic E-state index is 12.1. The lowest BCUT2D eigenvalue weighted by molar-refractivity contribution is -0.116. The molecule has 1 fully saturated rings. The van der Waals surface area contributed by atoms with Crippen LogP contribution in [0.3, 0.4) is 0 Å². The number of hydrogen-bond acceptors (Lipinski definition) is 4. The lowest BCUT2D eigenvalue weighted by Gasteiger charge is -2.15. The van der Waals surface area contributed by atoms with E-state index < -0.39 is 10.0 Å². The highest BCUT2D eigenvalue weighted by molar-refractivity contribution is 7.89. The van der Waals surface area contributed by atoms with Gasteiger partial charge in [0.25, 0.3) is 0 Å². The smallest absolute Gasteiger partial charge is 0.224 e. The zero-order valence-corrected chi connectivity index (χ0v) is 16.0. The van der Waals surface area contributed by atoms with Gasteiger partial charge >= 0.3 is 0 Å². The van der Waals surface area contributed by atoms with Gasteiger partial charge in [-0.15, -0.1) is 0 Å². The standard InChI is InChI=1S/C20H24N2O4S/c23-20(9-6-16-27(24,25)22-14-4-5-15-22)21-17-10-12-19(13-11-17)26-18-7-2-1-3-8-18/h1-3,7-8,10-13H,4-6,9,14-16H2,(H,21,23). The Morgan fingerprint density at radius 2 is 1.59 bits per heavy atom. The monoisotopic (exact) mass is 388 g/mol. The molecule has 27 heavy (non-hydrogen) atoms. The predicted octanol–water partition coefficient (Wildman–Crippen LogP) is 3.62. The molecule has 144 valence electrons. The van der Waals surface area contributed by atoms with Crippen molar-refractivity contribution in [3.8, 4) is 11.5 Å². The van der Waals surface area contributed by atoms with Gasteiger partial charge in [-0.1, -0.05) is 18.2 Å². The first kappa shape index (κ1) is 19.4. The first-order valence-corrected chi connectivity index (χ1v) is 10.7. The Hall–Kier alpha value is -2.38. The van der Waals surface area contributed by atoms with Crippen LogP contribution in [0.25, 0.3) is 0 Å². The average Bonchev–Trinajstić information content (AvgIpc) is 3.20. The van der Waals surface area contributed by atoms with Crippen LogP contribution in [0.4, 0.5) is 5.69 Å². The Kier molecular flexibility index (Phi) is 6.47. The number of nitrogens with one attached hydrogen (secondary N) is 1. The molecule has 7 heteroatoms. The summed E-state index contributed by atoms with van der Waals surface area (Å²) in [5.74, 6) is 1.25. The molecule has 0 unspecified atom stereocenters. The number of para-hydroxylation sites is 1. The highest BCUT2D eigenvalue weighted by Crippen LogP contribution is 2.22. The van der Waals surface area contributed by atoms with E-state index >= 15 is 0 Å². The number of amides is 1. The van der Waals surface area contributed by atoms with Gasteiger partial charge in [0.05, 0.1) is 5.75 Å². The van der Waals surface area contributed by atoms with Gasteiger partial charge in [-0.3, -0.25) is 4.79 Å². The maximum atomic E-state index is 12.1. The van der Waals surface area contributed by atoms with Gasteiger partial charge in [0.2, 0.25) is 15.9 Å². The molecule has 6 nitrogen and oxygen atoms in total. The van der Waals surface area contributed by atoms with Crippen molar-refractivity contribution in [2.24, 2.45) is 0 Å². The van der Waals surface area contributed by atoms with Crippen LogP contribution < -0.4 is 10.1 Å². The van der Waals surface area contributed by atoms with Crippen LogP contribution in [0, 0.1) is 0 Å². The van der Waals surface area contributed by atoms with Gasteiger partial charge < -0.3 is 10.1 Å². The van der Waals surface area contributed by atoms with Crippen LogP contribution in [0.1, 0.15) is 25.7 Å². The molecule has 0 saturated carbocycles. The predicted molar refractivity (Wildman–Crippen MR) is 105 cm³/mol. The van der Waals surface area contributed by atoms with E-state index in [2.05, 4.69) is 5.32 Å². The van der Waals surface area contributed by atoms with E-state index in [1.165, 1.54) is 4.31 Å². The molecule has 1 amide bonds. The zero-order valence-electron chi connectivity index (χ0n) is 15.1. The first-order chi connectivity index (χ1) is 13.0. The molecule has 0 aromatic heterocycles. The summed E-state index contributed by atoms with van der Waals surface area (Å²) in [5.41, 5.74) is 0.655. The third-order valence-corrected chi connectivity index (χ3v) is 6.34. The Labute approximate surface area is 160 Å². The van der Waals surface area contributed by atoms with E-state index in [0.29, 0.717) is 30.9 Å². The molecular weight excluding hydrogens is 364 g/mol. The Balaban J connectivity index is 1.44. The molecule has 3 rings (SSSR count). The largest absolute Gasteiger partial charge is 0.457 e. The topological polar surface area (TPSA) is 75.7 Å². The van der Waals surface area contributed by atoms with Crippen molar-refractivity contribution in [1.29, 1.82) is 0 Å². The summed E-state index contributed by atoms with van der Waals surface area (Å²) in [7, 11) is -3.23. The molecule has 1 aliphatic heterocycles. The number of anilines is 1. The number of carbonyl (C=O) groups excluding carboxylic acids is 1. The zero-order chi connectivity index (χ0) is 19.1. The van der Waals surface area contributed by atoms with Gasteiger partial charge in [-0.25, -0.2) is 12.7 Å².